The lowest BCUT2D eigenvalue weighted by Gasteiger charge is -2.38. The number of hydrogen-bond acceptors (Lipinski definition) is 7. The Hall–Kier alpha value is -2.71. The van der Waals surface area contributed by atoms with Crippen LogP contribution < -0.4 is 9.64 Å². The van der Waals surface area contributed by atoms with E-state index in [1.54, 1.807) is 20.5 Å². The molecule has 0 atom stereocenters. The third-order valence-corrected chi connectivity index (χ3v) is 4.49. The first-order valence-electron chi connectivity index (χ1n) is 8.48. The molecule has 4 rings (SSSR count). The van der Waals surface area contributed by atoms with Crippen molar-refractivity contribution in [3.63, 3.8) is 0 Å². The van der Waals surface area contributed by atoms with Crippen LogP contribution in [0.4, 0.5) is 5.82 Å². The van der Waals surface area contributed by atoms with E-state index < -0.39 is 0 Å². The molecule has 0 radical (unpaired) electrons. The summed E-state index contributed by atoms with van der Waals surface area (Å²) in [6.45, 7) is 2.73. The zero-order valence-electron chi connectivity index (χ0n) is 14.8. The van der Waals surface area contributed by atoms with Gasteiger partial charge in [0.25, 0.3) is 0 Å². The summed E-state index contributed by atoms with van der Waals surface area (Å²) in [5.74, 6) is 1.66. The smallest absolute Gasteiger partial charge is 0.132 e. The quantitative estimate of drug-likeness (QED) is 0.648. The summed E-state index contributed by atoms with van der Waals surface area (Å²) in [4.78, 5) is 10.9. The van der Waals surface area contributed by atoms with Crippen molar-refractivity contribution in [1.82, 2.24) is 20.2 Å². The Morgan fingerprint density at radius 1 is 1.15 bits per heavy atom. The molecule has 0 spiro atoms. The molecule has 3 heterocycles. The Morgan fingerprint density at radius 2 is 2.04 bits per heavy atom. The van der Waals surface area contributed by atoms with Crippen molar-refractivity contribution in [1.29, 1.82) is 0 Å². The number of aromatic nitrogens is 4. The van der Waals surface area contributed by atoms with E-state index in [2.05, 4.69) is 25.1 Å². The molecule has 8 nitrogen and oxygen atoms in total. The molecule has 136 valence electrons. The minimum atomic E-state index is 0.270. The SMILES string of the molecule is COCCOc1ccc2[nH]nc(-c3cc(N4CC(OC)C4)ncn3)c2c1. The van der Waals surface area contributed by atoms with E-state index in [1.165, 1.54) is 0 Å². The average Bonchev–Trinajstić information content (AvgIpc) is 3.05. The lowest BCUT2D eigenvalue weighted by molar-refractivity contribution is 0.0783. The molecule has 2 aromatic heterocycles. The van der Waals surface area contributed by atoms with Crippen molar-refractivity contribution in [3.05, 3.63) is 30.6 Å². The van der Waals surface area contributed by atoms with Crippen molar-refractivity contribution in [2.24, 2.45) is 0 Å². The number of hydrogen-bond donors (Lipinski definition) is 1. The molecule has 1 aliphatic heterocycles. The Labute approximate surface area is 151 Å². The van der Waals surface area contributed by atoms with Crippen LogP contribution in [0.1, 0.15) is 0 Å². The fourth-order valence-corrected chi connectivity index (χ4v) is 2.94. The van der Waals surface area contributed by atoms with Crippen molar-refractivity contribution >= 4 is 16.7 Å². The fraction of sp³-hybridized carbons (Fsp3) is 0.389. The van der Waals surface area contributed by atoms with Gasteiger partial charge in [-0.1, -0.05) is 0 Å². The van der Waals surface area contributed by atoms with Gasteiger partial charge < -0.3 is 19.1 Å². The molecule has 3 aromatic rings. The van der Waals surface area contributed by atoms with Crippen LogP contribution in [-0.2, 0) is 9.47 Å². The van der Waals surface area contributed by atoms with E-state index in [1.807, 2.05) is 24.3 Å². The third-order valence-electron chi connectivity index (χ3n) is 4.49. The Kier molecular flexibility index (Phi) is 4.68. The molecule has 1 saturated heterocycles. The molecule has 0 aliphatic carbocycles. The molecule has 1 aromatic carbocycles. The fourth-order valence-electron chi connectivity index (χ4n) is 2.94. The highest BCUT2D eigenvalue weighted by atomic mass is 16.5. The molecule has 8 heteroatoms. The predicted molar refractivity (Wildman–Crippen MR) is 97.5 cm³/mol. The van der Waals surface area contributed by atoms with E-state index in [4.69, 9.17) is 14.2 Å². The number of rotatable bonds is 7. The van der Waals surface area contributed by atoms with Gasteiger partial charge >= 0.3 is 0 Å². The van der Waals surface area contributed by atoms with Gasteiger partial charge in [0.15, 0.2) is 0 Å². The van der Waals surface area contributed by atoms with Crippen LogP contribution in [0.25, 0.3) is 22.3 Å². The van der Waals surface area contributed by atoms with E-state index in [0.717, 1.165) is 46.9 Å². The highest BCUT2D eigenvalue weighted by molar-refractivity contribution is 5.93. The molecule has 0 unspecified atom stereocenters. The molecular formula is C18H21N5O3. The van der Waals surface area contributed by atoms with Crippen LogP contribution in [0.5, 0.6) is 5.75 Å². The number of anilines is 1. The van der Waals surface area contributed by atoms with Crippen LogP contribution in [-0.4, -0.2) is 66.8 Å². The summed E-state index contributed by atoms with van der Waals surface area (Å²) in [5, 5.41) is 8.45. The second-order valence-corrected chi connectivity index (χ2v) is 6.15. The monoisotopic (exact) mass is 355 g/mol. The van der Waals surface area contributed by atoms with E-state index in [9.17, 15) is 0 Å². The zero-order valence-corrected chi connectivity index (χ0v) is 14.8. The van der Waals surface area contributed by atoms with Gasteiger partial charge in [-0.05, 0) is 18.2 Å². The van der Waals surface area contributed by atoms with Crippen molar-refractivity contribution < 1.29 is 14.2 Å². The van der Waals surface area contributed by atoms with Gasteiger partial charge in [-0.25, -0.2) is 9.97 Å². The Morgan fingerprint density at radius 3 is 2.85 bits per heavy atom. The largest absolute Gasteiger partial charge is 0.491 e. The summed E-state index contributed by atoms with van der Waals surface area (Å²) in [5.41, 5.74) is 2.49. The van der Waals surface area contributed by atoms with Crippen LogP contribution in [0, 0.1) is 0 Å². The van der Waals surface area contributed by atoms with Crippen molar-refractivity contribution in [2.75, 3.05) is 45.4 Å². The number of benzene rings is 1. The highest BCUT2D eigenvalue weighted by Crippen LogP contribution is 2.30. The molecule has 1 fully saturated rings. The first kappa shape index (κ1) is 16.7. The number of nitrogens with one attached hydrogen (secondary N) is 1. The minimum absolute atomic E-state index is 0.270. The number of fused-ring (bicyclic) bond motifs is 1. The summed E-state index contributed by atoms with van der Waals surface area (Å²) in [6, 6.07) is 7.79. The second kappa shape index (κ2) is 7.27. The zero-order chi connectivity index (χ0) is 17.9. The number of ether oxygens (including phenoxy) is 3. The number of methoxy groups -OCH3 is 2. The van der Waals surface area contributed by atoms with Crippen LogP contribution in [0.2, 0.25) is 0 Å². The summed E-state index contributed by atoms with van der Waals surface area (Å²) in [7, 11) is 3.38. The lowest BCUT2D eigenvalue weighted by atomic mass is 10.1. The molecular weight excluding hydrogens is 334 g/mol. The van der Waals surface area contributed by atoms with Gasteiger partial charge in [-0.15, -0.1) is 0 Å². The molecule has 0 amide bonds. The van der Waals surface area contributed by atoms with Gasteiger partial charge in [0.1, 0.15) is 30.2 Å². The molecule has 0 saturated carbocycles. The van der Waals surface area contributed by atoms with Crippen LogP contribution in [0.3, 0.4) is 0 Å². The van der Waals surface area contributed by atoms with Gasteiger partial charge in [-0.3, -0.25) is 5.10 Å². The first-order chi connectivity index (χ1) is 12.8. The average molecular weight is 355 g/mol. The first-order valence-corrected chi connectivity index (χ1v) is 8.48. The maximum absolute atomic E-state index is 5.71. The van der Waals surface area contributed by atoms with Crippen LogP contribution >= 0.6 is 0 Å². The summed E-state index contributed by atoms with van der Waals surface area (Å²) < 4.78 is 16.1. The molecule has 26 heavy (non-hydrogen) atoms. The second-order valence-electron chi connectivity index (χ2n) is 6.15. The van der Waals surface area contributed by atoms with Crippen molar-refractivity contribution in [2.45, 2.75) is 6.10 Å². The lowest BCUT2D eigenvalue weighted by Crippen LogP contribution is -2.52. The Balaban J connectivity index is 1.61. The van der Waals surface area contributed by atoms with Gasteiger partial charge in [-0.2, -0.15) is 5.10 Å². The van der Waals surface area contributed by atoms with Crippen molar-refractivity contribution in [3.8, 4) is 17.1 Å². The number of nitrogens with zero attached hydrogens (tertiary/aromatic N) is 4. The Bertz CT molecular complexity index is 891. The minimum Gasteiger partial charge on any atom is -0.491 e. The maximum atomic E-state index is 5.71. The van der Waals surface area contributed by atoms with E-state index in [-0.39, 0.29) is 6.10 Å². The molecule has 1 N–H and O–H groups in total. The van der Waals surface area contributed by atoms with Crippen LogP contribution in [0.15, 0.2) is 30.6 Å². The van der Waals surface area contributed by atoms with Gasteiger partial charge in [0, 0.05) is 38.8 Å². The summed E-state index contributed by atoms with van der Waals surface area (Å²) in [6.07, 6.45) is 1.84. The van der Waals surface area contributed by atoms with E-state index in [0.29, 0.717) is 13.2 Å². The maximum Gasteiger partial charge on any atom is 0.132 e. The standard InChI is InChI=1S/C18H21N5O3/c1-24-5-6-26-12-3-4-15-14(7-12)18(22-21-15)16-8-17(20-11-19-16)23-9-13(10-23)25-2/h3-4,7-8,11,13H,5-6,9-10H2,1-2H3,(H,21,22). The number of aromatic amines is 1. The highest BCUT2D eigenvalue weighted by Gasteiger charge is 2.28. The number of H-pyrrole nitrogens is 1. The summed E-state index contributed by atoms with van der Waals surface area (Å²) >= 11 is 0. The predicted octanol–water partition coefficient (Wildman–Crippen LogP) is 1.88. The normalized spacial score (nSPS) is 14.6. The van der Waals surface area contributed by atoms with Gasteiger partial charge in [0.2, 0.25) is 0 Å². The molecule has 0 bridgehead atoms. The molecule has 1 aliphatic rings. The van der Waals surface area contributed by atoms with E-state index >= 15 is 0 Å². The topological polar surface area (TPSA) is 85.4 Å². The van der Waals surface area contributed by atoms with Gasteiger partial charge in [0.05, 0.1) is 23.9 Å². The third kappa shape index (κ3) is 3.21.